The first-order chi connectivity index (χ1) is 14.8. The summed E-state index contributed by atoms with van der Waals surface area (Å²) < 4.78 is 34.0. The van der Waals surface area contributed by atoms with Crippen LogP contribution in [0.5, 0.6) is 5.75 Å². The van der Waals surface area contributed by atoms with Crippen molar-refractivity contribution in [2.75, 3.05) is 25.5 Å². The van der Waals surface area contributed by atoms with Gasteiger partial charge in [-0.05, 0) is 42.5 Å². The highest BCUT2D eigenvalue weighted by Gasteiger charge is 2.22. The van der Waals surface area contributed by atoms with E-state index in [4.69, 9.17) is 4.74 Å². The number of rotatable bonds is 9. The van der Waals surface area contributed by atoms with Gasteiger partial charge in [-0.2, -0.15) is 4.31 Å². The molecule has 1 N–H and O–H groups in total. The van der Waals surface area contributed by atoms with Gasteiger partial charge in [-0.1, -0.05) is 13.8 Å². The number of ether oxygens (including phenoxy) is 1. The maximum absolute atomic E-state index is 12.8. The average Bonchev–Trinajstić information content (AvgIpc) is 3.08. The Bertz CT molecular complexity index is 1170. The van der Waals surface area contributed by atoms with E-state index in [2.05, 4.69) is 10.3 Å². The number of nitrogens with zero attached hydrogens (tertiary/aromatic N) is 3. The van der Waals surface area contributed by atoms with E-state index in [9.17, 15) is 13.2 Å². The van der Waals surface area contributed by atoms with E-state index >= 15 is 0 Å². The van der Waals surface area contributed by atoms with Crippen LogP contribution in [-0.4, -0.2) is 48.4 Å². The van der Waals surface area contributed by atoms with Gasteiger partial charge in [0.25, 0.3) is 0 Å². The van der Waals surface area contributed by atoms with E-state index in [0.29, 0.717) is 30.7 Å². The van der Waals surface area contributed by atoms with Crippen LogP contribution in [0.15, 0.2) is 47.4 Å². The summed E-state index contributed by atoms with van der Waals surface area (Å²) in [5, 5.41) is 2.85. The van der Waals surface area contributed by atoms with Gasteiger partial charge >= 0.3 is 0 Å². The Hall–Kier alpha value is -2.91. The zero-order chi connectivity index (χ0) is 22.6. The molecule has 0 spiro atoms. The van der Waals surface area contributed by atoms with Gasteiger partial charge in [-0.25, -0.2) is 13.4 Å². The van der Waals surface area contributed by atoms with E-state index in [1.165, 1.54) is 4.31 Å². The highest BCUT2D eigenvalue weighted by atomic mass is 32.2. The molecule has 31 heavy (non-hydrogen) atoms. The van der Waals surface area contributed by atoms with Crippen molar-refractivity contribution in [3.63, 3.8) is 0 Å². The molecule has 0 saturated carbocycles. The summed E-state index contributed by atoms with van der Waals surface area (Å²) >= 11 is 0. The molecule has 3 rings (SSSR count). The molecule has 1 aromatic heterocycles. The first kappa shape index (κ1) is 22.8. The van der Waals surface area contributed by atoms with Gasteiger partial charge in [0.1, 0.15) is 11.6 Å². The van der Waals surface area contributed by atoms with Crippen molar-refractivity contribution in [2.45, 2.75) is 31.6 Å². The summed E-state index contributed by atoms with van der Waals surface area (Å²) in [6.07, 6.45) is 0.694. The second kappa shape index (κ2) is 9.49. The topological polar surface area (TPSA) is 93.5 Å². The standard InChI is InChI=1S/C22H28N4O4S/c1-5-26(6-2)31(28,29)18-11-12-20-19(15-18)24-21(25(20)3)13-14-22(27)23-16-7-9-17(30-4)10-8-16/h7-12,15H,5-6,13-14H2,1-4H3,(H,23,27). The molecule has 166 valence electrons. The summed E-state index contributed by atoms with van der Waals surface area (Å²) in [5.74, 6) is 1.32. The molecular formula is C22H28N4O4S. The number of anilines is 1. The van der Waals surface area contributed by atoms with Crippen molar-refractivity contribution in [1.29, 1.82) is 0 Å². The fraction of sp³-hybridized carbons (Fsp3) is 0.364. The highest BCUT2D eigenvalue weighted by molar-refractivity contribution is 7.89. The van der Waals surface area contributed by atoms with E-state index in [1.54, 1.807) is 49.6 Å². The Morgan fingerprint density at radius 3 is 2.42 bits per heavy atom. The van der Waals surface area contributed by atoms with Crippen molar-refractivity contribution >= 4 is 32.7 Å². The molecular weight excluding hydrogens is 416 g/mol. The Kier molecular flexibility index (Phi) is 6.97. The van der Waals surface area contributed by atoms with Crippen LogP contribution in [0.25, 0.3) is 11.0 Å². The van der Waals surface area contributed by atoms with Gasteiger partial charge in [0.05, 0.1) is 23.0 Å². The summed E-state index contributed by atoms with van der Waals surface area (Å²) in [6.45, 7) is 4.45. The smallest absolute Gasteiger partial charge is 0.243 e. The van der Waals surface area contributed by atoms with Gasteiger partial charge in [-0.3, -0.25) is 4.79 Å². The van der Waals surface area contributed by atoms with Crippen LogP contribution in [-0.2, 0) is 28.3 Å². The molecule has 0 aliphatic carbocycles. The van der Waals surface area contributed by atoms with Gasteiger partial charge in [0.2, 0.25) is 15.9 Å². The normalized spacial score (nSPS) is 11.8. The number of hydrogen-bond acceptors (Lipinski definition) is 5. The quantitative estimate of drug-likeness (QED) is 0.547. The highest BCUT2D eigenvalue weighted by Crippen LogP contribution is 2.23. The van der Waals surface area contributed by atoms with Gasteiger partial charge < -0.3 is 14.6 Å². The number of imidazole rings is 1. The van der Waals surface area contributed by atoms with E-state index in [1.807, 2.05) is 25.5 Å². The van der Waals surface area contributed by atoms with Crippen LogP contribution in [0.2, 0.25) is 0 Å². The molecule has 0 fully saturated rings. The largest absolute Gasteiger partial charge is 0.497 e. The van der Waals surface area contributed by atoms with Gasteiger partial charge in [-0.15, -0.1) is 0 Å². The number of amides is 1. The van der Waals surface area contributed by atoms with E-state index in [0.717, 1.165) is 17.1 Å². The van der Waals surface area contributed by atoms with Crippen molar-refractivity contribution in [1.82, 2.24) is 13.9 Å². The number of fused-ring (bicyclic) bond motifs is 1. The molecule has 1 heterocycles. The zero-order valence-electron chi connectivity index (χ0n) is 18.3. The lowest BCUT2D eigenvalue weighted by atomic mass is 10.2. The molecule has 2 aromatic carbocycles. The number of methoxy groups -OCH3 is 1. The number of nitrogens with one attached hydrogen (secondary N) is 1. The zero-order valence-corrected chi connectivity index (χ0v) is 19.1. The van der Waals surface area contributed by atoms with E-state index in [-0.39, 0.29) is 17.2 Å². The Labute approximate surface area is 182 Å². The lowest BCUT2D eigenvalue weighted by Crippen LogP contribution is -2.30. The number of sulfonamides is 1. The monoisotopic (exact) mass is 444 g/mol. The summed E-state index contributed by atoms with van der Waals surface area (Å²) in [4.78, 5) is 17.1. The number of carbonyl (C=O) groups is 1. The summed E-state index contributed by atoms with van der Waals surface area (Å²) in [7, 11) is -0.0952. The molecule has 0 bridgehead atoms. The van der Waals surface area contributed by atoms with Crippen LogP contribution >= 0.6 is 0 Å². The van der Waals surface area contributed by atoms with Crippen LogP contribution in [0.3, 0.4) is 0 Å². The number of benzene rings is 2. The number of aryl methyl sites for hydroxylation is 2. The lowest BCUT2D eigenvalue weighted by Gasteiger charge is -2.18. The third-order valence-electron chi connectivity index (χ3n) is 5.24. The predicted molar refractivity (Wildman–Crippen MR) is 121 cm³/mol. The molecule has 0 aliphatic heterocycles. The predicted octanol–water partition coefficient (Wildman–Crippen LogP) is 3.18. The summed E-state index contributed by atoms with van der Waals surface area (Å²) in [6, 6.07) is 12.1. The van der Waals surface area contributed by atoms with Gasteiger partial charge in [0.15, 0.2) is 0 Å². The minimum Gasteiger partial charge on any atom is -0.497 e. The van der Waals surface area contributed by atoms with Crippen molar-refractivity contribution in [3.05, 3.63) is 48.3 Å². The second-order valence-electron chi connectivity index (χ2n) is 7.10. The number of aromatic nitrogens is 2. The molecule has 0 saturated heterocycles. The van der Waals surface area contributed by atoms with Crippen LogP contribution in [0.4, 0.5) is 5.69 Å². The Balaban J connectivity index is 1.74. The molecule has 0 radical (unpaired) electrons. The molecule has 3 aromatic rings. The van der Waals surface area contributed by atoms with E-state index < -0.39 is 10.0 Å². The number of hydrogen-bond donors (Lipinski definition) is 1. The first-order valence-corrected chi connectivity index (χ1v) is 11.6. The van der Waals surface area contributed by atoms with Crippen molar-refractivity contribution in [2.24, 2.45) is 7.05 Å². The Morgan fingerprint density at radius 2 is 1.81 bits per heavy atom. The lowest BCUT2D eigenvalue weighted by molar-refractivity contribution is -0.116. The minimum atomic E-state index is -3.55. The van der Waals surface area contributed by atoms with Crippen LogP contribution in [0.1, 0.15) is 26.1 Å². The van der Waals surface area contributed by atoms with Crippen LogP contribution < -0.4 is 10.1 Å². The molecule has 9 heteroatoms. The second-order valence-corrected chi connectivity index (χ2v) is 9.04. The minimum absolute atomic E-state index is 0.123. The fourth-order valence-corrected chi connectivity index (χ4v) is 4.93. The molecule has 0 unspecified atom stereocenters. The number of carbonyl (C=O) groups excluding carboxylic acids is 1. The molecule has 8 nitrogen and oxygen atoms in total. The molecule has 1 amide bonds. The Morgan fingerprint density at radius 1 is 1.13 bits per heavy atom. The maximum atomic E-state index is 12.8. The van der Waals surface area contributed by atoms with Crippen LogP contribution in [0, 0.1) is 0 Å². The van der Waals surface area contributed by atoms with Crippen molar-refractivity contribution in [3.8, 4) is 5.75 Å². The first-order valence-electron chi connectivity index (χ1n) is 10.2. The maximum Gasteiger partial charge on any atom is 0.243 e. The van der Waals surface area contributed by atoms with Gasteiger partial charge in [0, 0.05) is 38.7 Å². The van der Waals surface area contributed by atoms with Crippen molar-refractivity contribution < 1.29 is 17.9 Å². The SMILES string of the molecule is CCN(CC)S(=O)(=O)c1ccc2c(c1)nc(CCC(=O)Nc1ccc(OC)cc1)n2C. The average molecular weight is 445 g/mol. The third-order valence-corrected chi connectivity index (χ3v) is 7.28. The molecule has 0 aliphatic rings. The third kappa shape index (κ3) is 4.88. The fourth-order valence-electron chi connectivity index (χ4n) is 3.45. The summed E-state index contributed by atoms with van der Waals surface area (Å²) in [5.41, 5.74) is 2.12. The molecule has 0 atom stereocenters.